The number of β-amino-alcohol motifs (C(OH)–C–C–N with tert-alkyl or cyclic N) is 1. The Morgan fingerprint density at radius 3 is 2.72 bits per heavy atom. The van der Waals surface area contributed by atoms with Crippen molar-refractivity contribution in [3.8, 4) is 0 Å². The lowest BCUT2D eigenvalue weighted by Gasteiger charge is -2.32. The maximum absolute atomic E-state index is 14.8. The first-order valence-corrected chi connectivity index (χ1v) is 12.9. The van der Waals surface area contributed by atoms with Gasteiger partial charge in [-0.15, -0.1) is 0 Å². The third-order valence-electron chi connectivity index (χ3n) is 7.32. The van der Waals surface area contributed by atoms with Crippen LogP contribution in [0, 0.1) is 12.7 Å². The topological polar surface area (TPSA) is 127 Å². The van der Waals surface area contributed by atoms with Crippen molar-refractivity contribution in [2.24, 2.45) is 0 Å². The fourth-order valence-corrected chi connectivity index (χ4v) is 5.20. The van der Waals surface area contributed by atoms with Gasteiger partial charge in [-0.05, 0) is 37.6 Å². The van der Waals surface area contributed by atoms with E-state index < -0.39 is 23.7 Å². The molecule has 0 radical (unpaired) electrons. The molecule has 206 valence electrons. The summed E-state index contributed by atoms with van der Waals surface area (Å²) in [4.78, 5) is 45.2. The van der Waals surface area contributed by atoms with Crippen LogP contribution in [0.15, 0.2) is 24.3 Å². The number of morpholine rings is 1. The van der Waals surface area contributed by atoms with Gasteiger partial charge in [-0.1, -0.05) is 6.58 Å². The molecule has 5 rings (SSSR count). The van der Waals surface area contributed by atoms with Gasteiger partial charge in [0.1, 0.15) is 5.82 Å². The summed E-state index contributed by atoms with van der Waals surface area (Å²) in [5.41, 5.74) is 3.71. The number of benzene rings is 1. The highest BCUT2D eigenvalue weighted by atomic mass is 19.1. The number of carbonyl (C=O) groups is 3. The number of aromatic nitrogens is 1. The zero-order valence-electron chi connectivity index (χ0n) is 22.0. The van der Waals surface area contributed by atoms with E-state index >= 15 is 0 Å². The van der Waals surface area contributed by atoms with Crippen molar-refractivity contribution >= 4 is 40.7 Å². The molecule has 3 amide bonds. The van der Waals surface area contributed by atoms with Crippen LogP contribution in [0.2, 0.25) is 0 Å². The number of anilines is 2. The molecule has 0 saturated carbocycles. The van der Waals surface area contributed by atoms with E-state index in [2.05, 4.69) is 27.1 Å². The van der Waals surface area contributed by atoms with Crippen molar-refractivity contribution in [3.63, 3.8) is 0 Å². The summed E-state index contributed by atoms with van der Waals surface area (Å²) in [7, 11) is 0. The zero-order valence-corrected chi connectivity index (χ0v) is 22.0. The van der Waals surface area contributed by atoms with E-state index in [0.717, 1.165) is 18.8 Å². The number of rotatable bonds is 7. The minimum absolute atomic E-state index is 0.0590. The lowest BCUT2D eigenvalue weighted by Crippen LogP contribution is -2.47. The van der Waals surface area contributed by atoms with Gasteiger partial charge in [0.2, 0.25) is 0 Å². The quantitative estimate of drug-likeness (QED) is 0.401. The number of nitrogens with zero attached hydrogens (tertiary/aromatic N) is 2. The molecule has 3 aliphatic heterocycles. The lowest BCUT2D eigenvalue weighted by atomic mass is 10.0. The second-order valence-corrected chi connectivity index (χ2v) is 10.2. The molecule has 3 aliphatic rings. The normalized spacial score (nSPS) is 19.1. The summed E-state index contributed by atoms with van der Waals surface area (Å²) < 4.78 is 20.2. The number of ether oxygens (including phenoxy) is 1. The smallest absolute Gasteiger partial charge is 0.256 e. The van der Waals surface area contributed by atoms with Gasteiger partial charge in [0.25, 0.3) is 17.7 Å². The van der Waals surface area contributed by atoms with E-state index in [0.29, 0.717) is 60.8 Å². The number of aliphatic hydroxyl groups is 1. The van der Waals surface area contributed by atoms with Crippen LogP contribution in [0.25, 0.3) is 11.6 Å². The highest BCUT2D eigenvalue weighted by Gasteiger charge is 2.32. The number of hydrogen-bond donors (Lipinski definition) is 4. The Bertz CT molecular complexity index is 1390. The lowest BCUT2D eigenvalue weighted by molar-refractivity contribution is -0.113. The number of hydrogen-bond acceptors (Lipinski definition) is 6. The fraction of sp³-hybridized carbons (Fsp3) is 0.393. The van der Waals surface area contributed by atoms with E-state index in [4.69, 9.17) is 4.74 Å². The van der Waals surface area contributed by atoms with Crippen LogP contribution in [0.1, 0.15) is 39.8 Å². The molecule has 4 heterocycles. The molecule has 1 saturated heterocycles. The maximum atomic E-state index is 14.8. The molecule has 0 unspecified atom stereocenters. The average Bonchev–Trinajstić information content (AvgIpc) is 3.37. The Hall–Kier alpha value is -3.80. The van der Waals surface area contributed by atoms with Gasteiger partial charge in [0, 0.05) is 61.7 Å². The zero-order chi connectivity index (χ0) is 27.8. The van der Waals surface area contributed by atoms with Crippen molar-refractivity contribution < 1.29 is 28.6 Å². The number of carbonyl (C=O) groups excluding carboxylic acids is 3. The van der Waals surface area contributed by atoms with Crippen molar-refractivity contribution in [1.29, 1.82) is 0 Å². The molecule has 0 spiro atoms. The van der Waals surface area contributed by atoms with Gasteiger partial charge >= 0.3 is 0 Å². The number of fused-ring (bicyclic) bond motifs is 2. The fourth-order valence-electron chi connectivity index (χ4n) is 5.20. The first-order chi connectivity index (χ1) is 18.6. The Morgan fingerprint density at radius 2 is 2.00 bits per heavy atom. The minimum atomic E-state index is -0.685. The monoisotopic (exact) mass is 537 g/mol. The second-order valence-electron chi connectivity index (χ2n) is 10.2. The van der Waals surface area contributed by atoms with Gasteiger partial charge in [0.15, 0.2) is 0 Å². The molecule has 4 N–H and O–H groups in total. The van der Waals surface area contributed by atoms with E-state index in [-0.39, 0.29) is 29.3 Å². The molecule has 1 aromatic carbocycles. The summed E-state index contributed by atoms with van der Waals surface area (Å²) >= 11 is 0. The van der Waals surface area contributed by atoms with Gasteiger partial charge in [-0.2, -0.15) is 0 Å². The number of aromatic amines is 1. The highest BCUT2D eigenvalue weighted by Crippen LogP contribution is 2.37. The Labute approximate surface area is 225 Å². The Balaban J connectivity index is 1.35. The third kappa shape index (κ3) is 5.38. The van der Waals surface area contributed by atoms with Crippen LogP contribution in [-0.4, -0.2) is 89.7 Å². The maximum Gasteiger partial charge on any atom is 0.256 e. The van der Waals surface area contributed by atoms with Crippen LogP contribution in [0.4, 0.5) is 15.8 Å². The van der Waals surface area contributed by atoms with Crippen molar-refractivity contribution in [2.75, 3.05) is 56.6 Å². The van der Waals surface area contributed by atoms with Crippen LogP contribution < -0.4 is 10.6 Å². The predicted octanol–water partition coefficient (Wildman–Crippen LogP) is 2.16. The Kier molecular flexibility index (Phi) is 7.39. The number of halogens is 1. The second kappa shape index (κ2) is 10.8. The predicted molar refractivity (Wildman–Crippen MR) is 145 cm³/mol. The van der Waals surface area contributed by atoms with E-state index in [1.54, 1.807) is 17.9 Å². The molecule has 0 bridgehead atoms. The first kappa shape index (κ1) is 26.8. The molecule has 10 nitrogen and oxygen atoms in total. The number of nitrogens with one attached hydrogen (secondary N) is 3. The van der Waals surface area contributed by atoms with Gasteiger partial charge in [-0.3, -0.25) is 19.3 Å². The molecule has 2 aromatic rings. The van der Waals surface area contributed by atoms with E-state index in [1.807, 2.05) is 0 Å². The molecular formula is C28H32FN5O5. The molecule has 1 fully saturated rings. The van der Waals surface area contributed by atoms with E-state index in [1.165, 1.54) is 19.1 Å². The van der Waals surface area contributed by atoms with Crippen LogP contribution in [0.3, 0.4) is 0 Å². The molecule has 1 atom stereocenters. The standard InChI is InChI=1S/C28H32FN5O5/c1-15(2)26(36)32-24-12-23-18(10-20(24)29)19(27(37)31-23)11-22-16(3)25-21(30-22)4-5-34(28(25)38)14-17(35)13-33-6-8-39-9-7-33/h10-12,17,30,35H,1,4-9,13-14H2,2-3H3,(H,31,37)(H,32,36)/b19-11-/t17-/m0/s1. The molecule has 0 aliphatic carbocycles. The molecular weight excluding hydrogens is 505 g/mol. The SMILES string of the molecule is C=C(C)C(=O)Nc1cc2c(cc1F)/C(=C/c1[nH]c3c(c1C)C(=O)N(C[C@@H](O)CN1CCOCC1)CC3)C(=O)N2. The summed E-state index contributed by atoms with van der Waals surface area (Å²) in [5.74, 6) is -1.79. The summed E-state index contributed by atoms with van der Waals surface area (Å²) in [6.45, 7) is 10.8. The molecule has 1 aromatic heterocycles. The summed E-state index contributed by atoms with van der Waals surface area (Å²) in [5, 5.41) is 15.8. The Morgan fingerprint density at radius 1 is 1.26 bits per heavy atom. The summed E-state index contributed by atoms with van der Waals surface area (Å²) in [6.07, 6.45) is 1.53. The largest absolute Gasteiger partial charge is 0.390 e. The van der Waals surface area contributed by atoms with Gasteiger partial charge in [0.05, 0.1) is 41.8 Å². The third-order valence-corrected chi connectivity index (χ3v) is 7.32. The number of amides is 3. The number of aliphatic hydroxyl groups excluding tert-OH is 1. The first-order valence-electron chi connectivity index (χ1n) is 12.9. The van der Waals surface area contributed by atoms with Crippen molar-refractivity contribution in [3.05, 3.63) is 58.2 Å². The van der Waals surface area contributed by atoms with Crippen LogP contribution in [0.5, 0.6) is 0 Å². The summed E-state index contributed by atoms with van der Waals surface area (Å²) in [6, 6.07) is 2.58. The van der Waals surface area contributed by atoms with Crippen molar-refractivity contribution in [1.82, 2.24) is 14.8 Å². The van der Waals surface area contributed by atoms with Crippen molar-refractivity contribution in [2.45, 2.75) is 26.4 Å². The van der Waals surface area contributed by atoms with E-state index in [9.17, 15) is 23.9 Å². The highest BCUT2D eigenvalue weighted by molar-refractivity contribution is 6.35. The molecule has 11 heteroatoms. The van der Waals surface area contributed by atoms with Gasteiger partial charge in [-0.25, -0.2) is 4.39 Å². The van der Waals surface area contributed by atoms with Gasteiger partial charge < -0.3 is 30.4 Å². The minimum Gasteiger partial charge on any atom is -0.390 e. The van der Waals surface area contributed by atoms with Crippen LogP contribution in [-0.2, 0) is 20.7 Å². The average molecular weight is 538 g/mol. The number of H-pyrrole nitrogens is 1. The van der Waals surface area contributed by atoms with Crippen LogP contribution >= 0.6 is 0 Å². The molecule has 39 heavy (non-hydrogen) atoms.